The van der Waals surface area contributed by atoms with Crippen LogP contribution in [-0.4, -0.2) is 13.1 Å². The zero-order valence-corrected chi connectivity index (χ0v) is 14.3. The van der Waals surface area contributed by atoms with Crippen molar-refractivity contribution in [1.29, 1.82) is 0 Å². The molecule has 0 unspecified atom stereocenters. The third-order valence-corrected chi connectivity index (χ3v) is 4.75. The van der Waals surface area contributed by atoms with Crippen molar-refractivity contribution in [2.45, 2.75) is 32.3 Å². The number of rotatable bonds is 7. The van der Waals surface area contributed by atoms with Gasteiger partial charge in [-0.05, 0) is 47.9 Å². The van der Waals surface area contributed by atoms with Gasteiger partial charge < -0.3 is 9.47 Å². The smallest absolute Gasteiger partial charge is 0.309 e. The molecule has 24 heavy (non-hydrogen) atoms. The minimum Gasteiger partial charge on any atom is -0.489 e. The maximum Gasteiger partial charge on any atom is 0.309 e. The predicted molar refractivity (Wildman–Crippen MR) is 93.9 cm³/mol. The molecule has 2 aromatic rings. The van der Waals surface area contributed by atoms with E-state index in [0.717, 1.165) is 11.3 Å². The van der Waals surface area contributed by atoms with E-state index < -0.39 is 0 Å². The van der Waals surface area contributed by atoms with Gasteiger partial charge in [0.05, 0.1) is 13.0 Å². The summed E-state index contributed by atoms with van der Waals surface area (Å²) in [6.07, 6.45) is 2.39. The Hall–Kier alpha value is -2.29. The topological polar surface area (TPSA) is 35.5 Å². The van der Waals surface area contributed by atoms with Crippen LogP contribution >= 0.6 is 0 Å². The summed E-state index contributed by atoms with van der Waals surface area (Å²) in [7, 11) is 1.46. The van der Waals surface area contributed by atoms with Gasteiger partial charge in [-0.1, -0.05) is 49.4 Å². The van der Waals surface area contributed by atoms with Crippen molar-refractivity contribution in [2.75, 3.05) is 7.11 Å². The zero-order valence-electron chi connectivity index (χ0n) is 14.3. The number of hydrogen-bond donors (Lipinski definition) is 0. The van der Waals surface area contributed by atoms with E-state index >= 15 is 0 Å². The molecule has 3 rings (SSSR count). The first-order valence-corrected chi connectivity index (χ1v) is 8.53. The molecule has 0 N–H and O–H groups in total. The van der Waals surface area contributed by atoms with E-state index in [9.17, 15) is 4.79 Å². The first kappa shape index (κ1) is 16.6. The van der Waals surface area contributed by atoms with Gasteiger partial charge in [0.2, 0.25) is 0 Å². The van der Waals surface area contributed by atoms with Crippen LogP contribution in [0, 0.1) is 11.8 Å². The summed E-state index contributed by atoms with van der Waals surface area (Å²) in [5, 5.41) is 0. The molecule has 2 atom stereocenters. The summed E-state index contributed by atoms with van der Waals surface area (Å²) in [5.41, 5.74) is 2.35. The highest BCUT2D eigenvalue weighted by Gasteiger charge is 2.38. The number of carbonyl (C=O) groups is 1. The van der Waals surface area contributed by atoms with Crippen LogP contribution in [0.4, 0.5) is 0 Å². The number of esters is 1. The standard InChI is InChI=1S/C21H24O3/c1-15(21(22)23-2)20(17-8-9-17)18-10-12-19(13-11-18)24-14-16-6-4-3-5-7-16/h3-7,10-13,15,17,20H,8-9,14H2,1-2H3/t15-,20-/m0/s1. The van der Waals surface area contributed by atoms with E-state index in [2.05, 4.69) is 24.3 Å². The minimum absolute atomic E-state index is 0.112. The molecule has 3 nitrogen and oxygen atoms in total. The Morgan fingerprint density at radius 3 is 2.33 bits per heavy atom. The summed E-state index contributed by atoms with van der Waals surface area (Å²) in [6, 6.07) is 18.3. The van der Waals surface area contributed by atoms with E-state index in [0.29, 0.717) is 12.5 Å². The lowest BCUT2D eigenvalue weighted by Crippen LogP contribution is -2.22. The molecule has 1 aliphatic carbocycles. The Balaban J connectivity index is 1.67. The summed E-state index contributed by atoms with van der Waals surface area (Å²) in [4.78, 5) is 11.9. The third kappa shape index (κ3) is 3.97. The highest BCUT2D eigenvalue weighted by molar-refractivity contribution is 5.73. The van der Waals surface area contributed by atoms with Crippen molar-refractivity contribution in [3.8, 4) is 5.75 Å². The fraction of sp³-hybridized carbons (Fsp3) is 0.381. The van der Waals surface area contributed by atoms with Gasteiger partial charge in [0.25, 0.3) is 0 Å². The van der Waals surface area contributed by atoms with Crippen LogP contribution in [0.25, 0.3) is 0 Å². The molecule has 0 saturated heterocycles. The second kappa shape index (κ2) is 7.52. The van der Waals surface area contributed by atoms with E-state index in [1.165, 1.54) is 25.5 Å². The Labute approximate surface area is 143 Å². The Morgan fingerprint density at radius 1 is 1.08 bits per heavy atom. The molecule has 0 bridgehead atoms. The Kier molecular flexibility index (Phi) is 5.19. The summed E-state index contributed by atoms with van der Waals surface area (Å²) < 4.78 is 10.8. The number of hydrogen-bond acceptors (Lipinski definition) is 3. The summed E-state index contributed by atoms with van der Waals surface area (Å²) in [5.74, 6) is 1.44. The van der Waals surface area contributed by atoms with Crippen LogP contribution in [-0.2, 0) is 16.1 Å². The van der Waals surface area contributed by atoms with Gasteiger partial charge in [0.1, 0.15) is 12.4 Å². The number of methoxy groups -OCH3 is 1. The molecule has 1 saturated carbocycles. The van der Waals surface area contributed by atoms with Crippen LogP contribution in [0.3, 0.4) is 0 Å². The second-order valence-electron chi connectivity index (χ2n) is 6.52. The van der Waals surface area contributed by atoms with E-state index in [1.807, 2.05) is 37.3 Å². The highest BCUT2D eigenvalue weighted by atomic mass is 16.5. The highest BCUT2D eigenvalue weighted by Crippen LogP contribution is 2.47. The molecule has 0 aliphatic heterocycles. The van der Waals surface area contributed by atoms with Crippen molar-refractivity contribution < 1.29 is 14.3 Å². The molecule has 2 aromatic carbocycles. The maximum atomic E-state index is 11.9. The average Bonchev–Trinajstić information content (AvgIpc) is 3.46. The molecule has 0 aromatic heterocycles. The molecule has 0 radical (unpaired) electrons. The lowest BCUT2D eigenvalue weighted by molar-refractivity contribution is -0.145. The van der Waals surface area contributed by atoms with Crippen LogP contribution < -0.4 is 4.74 Å². The van der Waals surface area contributed by atoms with Crippen LogP contribution in [0.5, 0.6) is 5.75 Å². The Morgan fingerprint density at radius 2 is 1.75 bits per heavy atom. The van der Waals surface area contributed by atoms with Crippen LogP contribution in [0.15, 0.2) is 54.6 Å². The van der Waals surface area contributed by atoms with Crippen molar-refractivity contribution in [3.05, 3.63) is 65.7 Å². The molecule has 1 fully saturated rings. The van der Waals surface area contributed by atoms with E-state index in [4.69, 9.17) is 9.47 Å². The number of ether oxygens (including phenoxy) is 2. The largest absolute Gasteiger partial charge is 0.489 e. The number of carbonyl (C=O) groups excluding carboxylic acids is 1. The van der Waals surface area contributed by atoms with Crippen molar-refractivity contribution in [1.82, 2.24) is 0 Å². The van der Waals surface area contributed by atoms with Crippen molar-refractivity contribution in [2.24, 2.45) is 11.8 Å². The van der Waals surface area contributed by atoms with Gasteiger partial charge in [0.15, 0.2) is 0 Å². The lowest BCUT2D eigenvalue weighted by Gasteiger charge is -2.22. The minimum atomic E-state index is -0.128. The Bertz CT molecular complexity index is 659. The van der Waals surface area contributed by atoms with Crippen LogP contribution in [0.1, 0.15) is 36.8 Å². The maximum absolute atomic E-state index is 11.9. The first-order chi connectivity index (χ1) is 11.7. The van der Waals surface area contributed by atoms with Gasteiger partial charge in [-0.15, -0.1) is 0 Å². The molecular weight excluding hydrogens is 300 g/mol. The zero-order chi connectivity index (χ0) is 16.9. The van der Waals surface area contributed by atoms with Gasteiger partial charge in [0, 0.05) is 0 Å². The second-order valence-corrected chi connectivity index (χ2v) is 6.52. The monoisotopic (exact) mass is 324 g/mol. The van der Waals surface area contributed by atoms with Crippen molar-refractivity contribution in [3.63, 3.8) is 0 Å². The summed E-state index contributed by atoms with van der Waals surface area (Å²) >= 11 is 0. The number of benzene rings is 2. The first-order valence-electron chi connectivity index (χ1n) is 8.53. The SMILES string of the molecule is COC(=O)[C@@H](C)[C@H](c1ccc(OCc2ccccc2)cc1)C1CC1. The summed E-state index contributed by atoms with van der Waals surface area (Å²) in [6.45, 7) is 2.53. The van der Waals surface area contributed by atoms with Crippen molar-refractivity contribution >= 4 is 5.97 Å². The molecule has 0 heterocycles. The average molecular weight is 324 g/mol. The molecule has 1 aliphatic rings. The fourth-order valence-corrected chi connectivity index (χ4v) is 3.28. The lowest BCUT2D eigenvalue weighted by atomic mass is 9.83. The fourth-order valence-electron chi connectivity index (χ4n) is 3.28. The molecule has 126 valence electrons. The third-order valence-electron chi connectivity index (χ3n) is 4.75. The van der Waals surface area contributed by atoms with Gasteiger partial charge in [-0.25, -0.2) is 0 Å². The van der Waals surface area contributed by atoms with E-state index in [-0.39, 0.29) is 17.8 Å². The quantitative estimate of drug-likeness (QED) is 0.700. The molecular formula is C21H24O3. The molecule has 0 amide bonds. The molecule has 3 heteroatoms. The predicted octanol–water partition coefficient (Wildman–Crippen LogP) is 4.57. The van der Waals surface area contributed by atoms with Gasteiger partial charge in [-0.3, -0.25) is 4.79 Å². The van der Waals surface area contributed by atoms with Crippen LogP contribution in [0.2, 0.25) is 0 Å². The molecule has 0 spiro atoms. The normalized spacial score (nSPS) is 16.2. The van der Waals surface area contributed by atoms with Gasteiger partial charge >= 0.3 is 5.97 Å². The van der Waals surface area contributed by atoms with E-state index in [1.54, 1.807) is 0 Å². The van der Waals surface area contributed by atoms with Gasteiger partial charge in [-0.2, -0.15) is 0 Å².